The van der Waals surface area contributed by atoms with Crippen molar-refractivity contribution in [2.45, 2.75) is 25.6 Å². The zero-order valence-electron chi connectivity index (χ0n) is 7.30. The van der Waals surface area contributed by atoms with Crippen LogP contribution in [0.4, 0.5) is 0 Å². The van der Waals surface area contributed by atoms with E-state index in [1.165, 1.54) is 0 Å². The number of ether oxygens (including phenoxy) is 2. The van der Waals surface area contributed by atoms with Gasteiger partial charge in [0.25, 0.3) is 0 Å². The first kappa shape index (κ1) is 8.97. The highest BCUT2D eigenvalue weighted by Crippen LogP contribution is 2.03. The van der Waals surface area contributed by atoms with E-state index >= 15 is 0 Å². The largest absolute Gasteiger partial charge is 0.379 e. The minimum Gasteiger partial charge on any atom is -0.379 e. The molecule has 0 saturated carbocycles. The zero-order valence-corrected chi connectivity index (χ0v) is 7.30. The van der Waals surface area contributed by atoms with Crippen LogP contribution in [0.15, 0.2) is 0 Å². The molecule has 0 radical (unpaired) electrons. The number of methoxy groups -OCH3 is 1. The summed E-state index contributed by atoms with van der Waals surface area (Å²) in [5.41, 5.74) is 0. The van der Waals surface area contributed by atoms with Gasteiger partial charge in [0, 0.05) is 13.7 Å². The van der Waals surface area contributed by atoms with Gasteiger partial charge in [0.05, 0.1) is 18.8 Å². The van der Waals surface area contributed by atoms with E-state index in [-0.39, 0.29) is 6.10 Å². The fourth-order valence-electron chi connectivity index (χ4n) is 1.11. The lowest BCUT2D eigenvalue weighted by atomic mass is 10.3. The van der Waals surface area contributed by atoms with Crippen molar-refractivity contribution in [3.05, 3.63) is 0 Å². The SMILES string of the molecule is COC(C)COC1CCNC1. The van der Waals surface area contributed by atoms with Crippen molar-refractivity contribution in [1.82, 2.24) is 5.32 Å². The van der Waals surface area contributed by atoms with Crippen LogP contribution in [0.2, 0.25) is 0 Å². The molecule has 1 rings (SSSR count). The fourth-order valence-corrected chi connectivity index (χ4v) is 1.11. The molecular formula is C8H17NO2. The van der Waals surface area contributed by atoms with Crippen LogP contribution in [0.5, 0.6) is 0 Å². The summed E-state index contributed by atoms with van der Waals surface area (Å²) in [4.78, 5) is 0. The summed E-state index contributed by atoms with van der Waals surface area (Å²) in [6.45, 7) is 4.81. The average molecular weight is 159 g/mol. The van der Waals surface area contributed by atoms with Crippen LogP contribution in [0.3, 0.4) is 0 Å². The van der Waals surface area contributed by atoms with Crippen molar-refractivity contribution in [3.63, 3.8) is 0 Å². The Morgan fingerprint density at radius 1 is 1.64 bits per heavy atom. The fraction of sp³-hybridized carbons (Fsp3) is 1.00. The number of hydrogen-bond donors (Lipinski definition) is 1. The number of nitrogens with one attached hydrogen (secondary N) is 1. The molecule has 2 atom stereocenters. The number of rotatable bonds is 4. The molecule has 1 saturated heterocycles. The van der Waals surface area contributed by atoms with E-state index in [1.54, 1.807) is 7.11 Å². The zero-order chi connectivity index (χ0) is 8.10. The second-order valence-electron chi connectivity index (χ2n) is 2.99. The molecule has 0 aliphatic carbocycles. The van der Waals surface area contributed by atoms with Crippen LogP contribution in [-0.2, 0) is 9.47 Å². The molecule has 0 aromatic heterocycles. The standard InChI is InChI=1S/C8H17NO2/c1-7(10-2)6-11-8-3-4-9-5-8/h7-9H,3-6H2,1-2H3. The van der Waals surface area contributed by atoms with Crippen LogP contribution in [0, 0.1) is 0 Å². The molecule has 0 bridgehead atoms. The van der Waals surface area contributed by atoms with E-state index in [1.807, 2.05) is 6.92 Å². The Hall–Kier alpha value is -0.120. The first-order valence-electron chi connectivity index (χ1n) is 4.18. The third-order valence-electron chi connectivity index (χ3n) is 1.98. The summed E-state index contributed by atoms with van der Waals surface area (Å²) in [6, 6.07) is 0. The second kappa shape index (κ2) is 4.70. The Morgan fingerprint density at radius 3 is 3.00 bits per heavy atom. The van der Waals surface area contributed by atoms with Gasteiger partial charge in [0.2, 0.25) is 0 Å². The van der Waals surface area contributed by atoms with Crippen molar-refractivity contribution in [1.29, 1.82) is 0 Å². The Labute approximate surface area is 68.1 Å². The first-order chi connectivity index (χ1) is 5.33. The summed E-state index contributed by atoms with van der Waals surface area (Å²) >= 11 is 0. The maximum absolute atomic E-state index is 5.57. The van der Waals surface area contributed by atoms with Crippen molar-refractivity contribution < 1.29 is 9.47 Å². The van der Waals surface area contributed by atoms with Crippen molar-refractivity contribution in [2.24, 2.45) is 0 Å². The van der Waals surface area contributed by atoms with Gasteiger partial charge in [0.1, 0.15) is 0 Å². The molecule has 1 aliphatic rings. The predicted molar refractivity (Wildman–Crippen MR) is 43.7 cm³/mol. The van der Waals surface area contributed by atoms with E-state index in [0.717, 1.165) is 19.5 Å². The summed E-state index contributed by atoms with van der Waals surface area (Å²) in [5.74, 6) is 0. The lowest BCUT2D eigenvalue weighted by molar-refractivity contribution is -0.0124. The molecule has 3 heteroatoms. The van der Waals surface area contributed by atoms with Gasteiger partial charge in [0.15, 0.2) is 0 Å². The highest BCUT2D eigenvalue weighted by atomic mass is 16.5. The van der Waals surface area contributed by atoms with Gasteiger partial charge in [-0.1, -0.05) is 0 Å². The van der Waals surface area contributed by atoms with Crippen LogP contribution < -0.4 is 5.32 Å². The average Bonchev–Trinajstić information content (AvgIpc) is 2.52. The third-order valence-corrected chi connectivity index (χ3v) is 1.98. The van der Waals surface area contributed by atoms with Gasteiger partial charge in [-0.15, -0.1) is 0 Å². The van der Waals surface area contributed by atoms with Gasteiger partial charge >= 0.3 is 0 Å². The summed E-state index contributed by atoms with van der Waals surface area (Å²) < 4.78 is 10.6. The van der Waals surface area contributed by atoms with Crippen LogP contribution in [-0.4, -0.2) is 39.0 Å². The van der Waals surface area contributed by atoms with Crippen LogP contribution in [0.25, 0.3) is 0 Å². The molecule has 2 unspecified atom stereocenters. The van der Waals surface area contributed by atoms with Crippen LogP contribution >= 0.6 is 0 Å². The monoisotopic (exact) mass is 159 g/mol. The Balaban J connectivity index is 2.01. The third kappa shape index (κ3) is 3.18. The second-order valence-corrected chi connectivity index (χ2v) is 2.99. The molecule has 0 aromatic rings. The van der Waals surface area contributed by atoms with Crippen molar-refractivity contribution >= 4 is 0 Å². The highest BCUT2D eigenvalue weighted by Gasteiger charge is 2.15. The van der Waals surface area contributed by atoms with Gasteiger partial charge < -0.3 is 14.8 Å². The molecule has 0 spiro atoms. The Morgan fingerprint density at radius 2 is 2.45 bits per heavy atom. The topological polar surface area (TPSA) is 30.5 Å². The van der Waals surface area contributed by atoms with Crippen molar-refractivity contribution in [2.75, 3.05) is 26.8 Å². The van der Waals surface area contributed by atoms with Gasteiger partial charge in [-0.25, -0.2) is 0 Å². The molecule has 66 valence electrons. The molecule has 1 fully saturated rings. The molecule has 0 aromatic carbocycles. The van der Waals surface area contributed by atoms with Gasteiger partial charge in [-0.3, -0.25) is 0 Å². The van der Waals surface area contributed by atoms with Gasteiger partial charge in [-0.2, -0.15) is 0 Å². The lowest BCUT2D eigenvalue weighted by Gasteiger charge is -2.14. The molecule has 11 heavy (non-hydrogen) atoms. The highest BCUT2D eigenvalue weighted by molar-refractivity contribution is 4.71. The molecule has 0 amide bonds. The van der Waals surface area contributed by atoms with E-state index < -0.39 is 0 Å². The van der Waals surface area contributed by atoms with E-state index in [0.29, 0.717) is 12.7 Å². The molecular weight excluding hydrogens is 142 g/mol. The molecule has 1 aliphatic heterocycles. The van der Waals surface area contributed by atoms with E-state index in [4.69, 9.17) is 9.47 Å². The maximum atomic E-state index is 5.57. The molecule has 3 nitrogen and oxygen atoms in total. The maximum Gasteiger partial charge on any atom is 0.0776 e. The predicted octanol–water partition coefficient (Wildman–Crippen LogP) is 0.400. The minimum atomic E-state index is 0.218. The smallest absolute Gasteiger partial charge is 0.0776 e. The lowest BCUT2D eigenvalue weighted by Crippen LogP contribution is -2.22. The Kier molecular flexibility index (Phi) is 3.83. The van der Waals surface area contributed by atoms with Gasteiger partial charge in [-0.05, 0) is 19.9 Å². The summed E-state index contributed by atoms with van der Waals surface area (Å²) in [6.07, 6.45) is 1.76. The minimum absolute atomic E-state index is 0.218. The summed E-state index contributed by atoms with van der Waals surface area (Å²) in [5, 5.41) is 3.25. The normalized spacial score (nSPS) is 27.3. The quantitative estimate of drug-likeness (QED) is 0.644. The summed E-state index contributed by atoms with van der Waals surface area (Å²) in [7, 11) is 1.71. The first-order valence-corrected chi connectivity index (χ1v) is 4.18. The van der Waals surface area contributed by atoms with E-state index in [9.17, 15) is 0 Å². The van der Waals surface area contributed by atoms with E-state index in [2.05, 4.69) is 5.32 Å². The van der Waals surface area contributed by atoms with Crippen LogP contribution in [0.1, 0.15) is 13.3 Å². The Bertz CT molecular complexity index is 102. The van der Waals surface area contributed by atoms with Crippen molar-refractivity contribution in [3.8, 4) is 0 Å². The molecule has 1 N–H and O–H groups in total. The number of hydrogen-bond acceptors (Lipinski definition) is 3. The molecule has 1 heterocycles.